The molecule has 1 heterocycles. The molecule has 0 atom stereocenters. The smallest absolute Gasteiger partial charge is 0.142 e. The number of hydrogen-bond acceptors (Lipinski definition) is 4. The number of nitrogen functional groups attached to an aromatic ring is 1. The zero-order chi connectivity index (χ0) is 7.40. The van der Waals surface area contributed by atoms with Crippen LogP contribution in [-0.2, 0) is 6.42 Å². The van der Waals surface area contributed by atoms with Gasteiger partial charge in [-0.25, -0.2) is 9.97 Å². The average Bonchev–Trinajstić information content (AvgIpc) is 1.95. The van der Waals surface area contributed by atoms with Gasteiger partial charge in [-0.1, -0.05) is 0 Å². The van der Waals surface area contributed by atoms with Crippen molar-refractivity contribution in [2.45, 2.75) is 6.42 Å². The number of aromatic nitrogens is 2. The van der Waals surface area contributed by atoms with E-state index < -0.39 is 0 Å². The molecule has 10 heavy (non-hydrogen) atoms. The van der Waals surface area contributed by atoms with Crippen LogP contribution in [0.1, 0.15) is 5.82 Å². The van der Waals surface area contributed by atoms with Crippen LogP contribution in [-0.4, -0.2) is 9.97 Å². The molecule has 0 saturated heterocycles. The maximum absolute atomic E-state index is 8.23. The Labute approximate surface area is 58.3 Å². The van der Waals surface area contributed by atoms with Crippen molar-refractivity contribution < 1.29 is 0 Å². The highest BCUT2D eigenvalue weighted by atomic mass is 14.9. The Morgan fingerprint density at radius 3 is 2.60 bits per heavy atom. The quantitative estimate of drug-likeness (QED) is 0.592. The lowest BCUT2D eigenvalue weighted by Crippen LogP contribution is -1.94. The molecule has 50 valence electrons. The van der Waals surface area contributed by atoms with Gasteiger partial charge in [-0.2, -0.15) is 5.26 Å². The minimum Gasteiger partial charge on any atom is -0.396 e. The van der Waals surface area contributed by atoms with E-state index in [0.29, 0.717) is 11.5 Å². The predicted molar refractivity (Wildman–Crippen MR) is 35.8 cm³/mol. The first kappa shape index (κ1) is 6.49. The molecule has 0 bridgehead atoms. The number of anilines is 1. The second-order valence-electron chi connectivity index (χ2n) is 1.77. The van der Waals surface area contributed by atoms with Crippen LogP contribution in [0.15, 0.2) is 12.4 Å². The molecule has 4 nitrogen and oxygen atoms in total. The van der Waals surface area contributed by atoms with Crippen molar-refractivity contribution in [1.82, 2.24) is 9.97 Å². The van der Waals surface area contributed by atoms with E-state index in [1.807, 2.05) is 6.07 Å². The van der Waals surface area contributed by atoms with Crippen molar-refractivity contribution in [2.24, 2.45) is 0 Å². The first-order valence-electron chi connectivity index (χ1n) is 2.76. The average molecular weight is 134 g/mol. The second-order valence-corrected chi connectivity index (χ2v) is 1.77. The van der Waals surface area contributed by atoms with E-state index >= 15 is 0 Å². The number of hydrogen-bond donors (Lipinski definition) is 1. The van der Waals surface area contributed by atoms with Gasteiger partial charge in [-0.05, 0) is 0 Å². The summed E-state index contributed by atoms with van der Waals surface area (Å²) in [4.78, 5) is 7.62. The summed E-state index contributed by atoms with van der Waals surface area (Å²) in [5, 5.41) is 8.23. The van der Waals surface area contributed by atoms with Crippen molar-refractivity contribution >= 4 is 5.69 Å². The molecule has 0 saturated carbocycles. The molecule has 1 rings (SSSR count). The summed E-state index contributed by atoms with van der Waals surface area (Å²) >= 11 is 0. The van der Waals surface area contributed by atoms with Gasteiger partial charge in [-0.15, -0.1) is 0 Å². The highest BCUT2D eigenvalue weighted by Crippen LogP contribution is 1.95. The van der Waals surface area contributed by atoms with Crippen LogP contribution >= 0.6 is 0 Å². The van der Waals surface area contributed by atoms with Crippen LogP contribution in [0, 0.1) is 11.3 Å². The summed E-state index contributed by atoms with van der Waals surface area (Å²) in [6, 6.07) is 1.94. The summed E-state index contributed by atoms with van der Waals surface area (Å²) in [5.74, 6) is 0.511. The predicted octanol–water partition coefficient (Wildman–Crippen LogP) is 0.125. The molecule has 0 radical (unpaired) electrons. The molecule has 0 aliphatic carbocycles. The fraction of sp³-hybridized carbons (Fsp3) is 0.167. The van der Waals surface area contributed by atoms with Gasteiger partial charge in [0.25, 0.3) is 0 Å². The van der Waals surface area contributed by atoms with Crippen LogP contribution in [0.25, 0.3) is 0 Å². The van der Waals surface area contributed by atoms with E-state index in [9.17, 15) is 0 Å². The van der Waals surface area contributed by atoms with Gasteiger partial charge in [-0.3, -0.25) is 0 Å². The van der Waals surface area contributed by atoms with Gasteiger partial charge in [0, 0.05) is 0 Å². The fourth-order valence-electron chi connectivity index (χ4n) is 0.527. The fourth-order valence-corrected chi connectivity index (χ4v) is 0.527. The number of nitriles is 1. The Kier molecular flexibility index (Phi) is 1.80. The molecule has 0 spiro atoms. The van der Waals surface area contributed by atoms with E-state index in [1.54, 1.807) is 0 Å². The molecule has 1 aromatic rings. The number of nitrogens with zero attached hydrogens (tertiary/aromatic N) is 3. The highest BCUT2D eigenvalue weighted by Gasteiger charge is 1.91. The molecule has 0 fully saturated rings. The molecule has 2 N–H and O–H groups in total. The SMILES string of the molecule is N#CCc1ncc(N)cn1. The highest BCUT2D eigenvalue weighted by molar-refractivity contribution is 5.30. The topological polar surface area (TPSA) is 75.6 Å². The zero-order valence-corrected chi connectivity index (χ0v) is 5.28. The zero-order valence-electron chi connectivity index (χ0n) is 5.28. The molecular formula is C6H6N4. The van der Waals surface area contributed by atoms with Gasteiger partial charge in [0.15, 0.2) is 0 Å². The Hall–Kier alpha value is -1.63. The van der Waals surface area contributed by atoms with Crippen LogP contribution < -0.4 is 5.73 Å². The summed E-state index contributed by atoms with van der Waals surface area (Å²) in [5.41, 5.74) is 5.83. The summed E-state index contributed by atoms with van der Waals surface area (Å²) in [6.45, 7) is 0. The van der Waals surface area contributed by atoms with Gasteiger partial charge < -0.3 is 5.73 Å². The maximum Gasteiger partial charge on any atom is 0.142 e. The minimum atomic E-state index is 0.236. The Balaban J connectivity index is 2.81. The van der Waals surface area contributed by atoms with E-state index in [-0.39, 0.29) is 6.42 Å². The summed E-state index contributed by atoms with van der Waals surface area (Å²) in [7, 11) is 0. The molecule has 0 unspecified atom stereocenters. The third-order valence-electron chi connectivity index (χ3n) is 0.962. The Bertz CT molecular complexity index is 245. The van der Waals surface area contributed by atoms with E-state index in [1.165, 1.54) is 12.4 Å². The second kappa shape index (κ2) is 2.78. The Morgan fingerprint density at radius 1 is 1.50 bits per heavy atom. The van der Waals surface area contributed by atoms with Crippen molar-refractivity contribution in [3.05, 3.63) is 18.2 Å². The molecule has 0 amide bonds. The van der Waals surface area contributed by atoms with Gasteiger partial charge >= 0.3 is 0 Å². The van der Waals surface area contributed by atoms with Crippen LogP contribution in [0.4, 0.5) is 5.69 Å². The molecule has 0 aliphatic rings. The monoisotopic (exact) mass is 134 g/mol. The first-order chi connectivity index (χ1) is 4.83. The van der Waals surface area contributed by atoms with Crippen molar-refractivity contribution in [3.63, 3.8) is 0 Å². The lowest BCUT2D eigenvalue weighted by Gasteiger charge is -1.91. The molecule has 0 aliphatic heterocycles. The van der Waals surface area contributed by atoms with Crippen LogP contribution in [0.3, 0.4) is 0 Å². The summed E-state index contributed by atoms with van der Waals surface area (Å²) in [6.07, 6.45) is 3.21. The maximum atomic E-state index is 8.23. The van der Waals surface area contributed by atoms with Crippen LogP contribution in [0.5, 0.6) is 0 Å². The third kappa shape index (κ3) is 1.42. The van der Waals surface area contributed by atoms with Crippen molar-refractivity contribution in [3.8, 4) is 6.07 Å². The van der Waals surface area contributed by atoms with Gasteiger partial charge in [0.2, 0.25) is 0 Å². The van der Waals surface area contributed by atoms with Crippen molar-refractivity contribution in [1.29, 1.82) is 5.26 Å². The van der Waals surface area contributed by atoms with Crippen LogP contribution in [0.2, 0.25) is 0 Å². The normalized spacial score (nSPS) is 8.70. The molecular weight excluding hydrogens is 128 g/mol. The van der Waals surface area contributed by atoms with E-state index in [2.05, 4.69) is 9.97 Å². The third-order valence-corrected chi connectivity index (χ3v) is 0.962. The van der Waals surface area contributed by atoms with E-state index in [4.69, 9.17) is 11.0 Å². The summed E-state index contributed by atoms with van der Waals surface area (Å²) < 4.78 is 0. The first-order valence-corrected chi connectivity index (χ1v) is 2.76. The Morgan fingerprint density at radius 2 is 2.10 bits per heavy atom. The van der Waals surface area contributed by atoms with E-state index in [0.717, 1.165) is 0 Å². The lowest BCUT2D eigenvalue weighted by atomic mass is 10.4. The number of nitrogens with two attached hydrogens (primary N) is 1. The molecule has 4 heteroatoms. The van der Waals surface area contributed by atoms with Crippen molar-refractivity contribution in [2.75, 3.05) is 5.73 Å². The van der Waals surface area contributed by atoms with Gasteiger partial charge in [0.1, 0.15) is 5.82 Å². The largest absolute Gasteiger partial charge is 0.396 e. The van der Waals surface area contributed by atoms with Gasteiger partial charge in [0.05, 0.1) is 30.6 Å². The minimum absolute atomic E-state index is 0.236. The standard InChI is InChI=1S/C6H6N4/c7-2-1-6-9-3-5(8)4-10-6/h3-4H,1,8H2. The molecule has 0 aromatic carbocycles. The number of rotatable bonds is 1. The molecule has 1 aromatic heterocycles. The lowest BCUT2D eigenvalue weighted by molar-refractivity contribution is 0.998.